The second kappa shape index (κ2) is 6.76. The van der Waals surface area contributed by atoms with Gasteiger partial charge in [0.25, 0.3) is 0 Å². The van der Waals surface area contributed by atoms with Crippen LogP contribution < -0.4 is 5.32 Å². The van der Waals surface area contributed by atoms with Crippen LogP contribution in [0.15, 0.2) is 29.4 Å². The van der Waals surface area contributed by atoms with Gasteiger partial charge < -0.3 is 9.88 Å². The van der Waals surface area contributed by atoms with Crippen LogP contribution >= 0.6 is 23.4 Å². The largest absolute Gasteiger partial charge is 0.358 e. The van der Waals surface area contributed by atoms with Gasteiger partial charge in [-0.3, -0.25) is 4.79 Å². The predicted octanol–water partition coefficient (Wildman–Crippen LogP) is 2.46. The van der Waals surface area contributed by atoms with Gasteiger partial charge in [0.05, 0.1) is 5.75 Å². The number of carbonyl (C=O) groups is 1. The van der Waals surface area contributed by atoms with Crippen LogP contribution in [0.4, 0.5) is 0 Å². The molecule has 0 unspecified atom stereocenters. The predicted molar refractivity (Wildman–Crippen MR) is 80.9 cm³/mol. The van der Waals surface area contributed by atoms with E-state index in [1.165, 1.54) is 11.8 Å². The molecule has 0 aliphatic rings. The highest BCUT2D eigenvalue weighted by atomic mass is 35.5. The van der Waals surface area contributed by atoms with Crippen molar-refractivity contribution in [2.24, 2.45) is 0 Å². The SMILES string of the molecule is CCn1c(SCC(=O)NC)nnc1-c1cccc(Cl)c1. The second-order valence-corrected chi connectivity index (χ2v) is 5.40. The summed E-state index contributed by atoms with van der Waals surface area (Å²) >= 11 is 7.37. The third kappa shape index (κ3) is 3.32. The molecule has 1 amide bonds. The first-order chi connectivity index (χ1) is 9.65. The zero-order chi connectivity index (χ0) is 14.5. The van der Waals surface area contributed by atoms with Gasteiger partial charge in [-0.05, 0) is 19.1 Å². The van der Waals surface area contributed by atoms with Gasteiger partial charge in [0.2, 0.25) is 5.91 Å². The van der Waals surface area contributed by atoms with Gasteiger partial charge in [0.15, 0.2) is 11.0 Å². The van der Waals surface area contributed by atoms with E-state index in [2.05, 4.69) is 15.5 Å². The molecule has 20 heavy (non-hydrogen) atoms. The molecule has 1 aromatic heterocycles. The summed E-state index contributed by atoms with van der Waals surface area (Å²) in [5.41, 5.74) is 0.915. The Morgan fingerprint density at radius 1 is 1.45 bits per heavy atom. The third-order valence-corrected chi connectivity index (χ3v) is 3.93. The quantitative estimate of drug-likeness (QED) is 0.862. The highest BCUT2D eigenvalue weighted by Crippen LogP contribution is 2.25. The maximum Gasteiger partial charge on any atom is 0.230 e. The van der Waals surface area contributed by atoms with Gasteiger partial charge in [-0.2, -0.15) is 0 Å². The van der Waals surface area contributed by atoms with E-state index in [-0.39, 0.29) is 5.91 Å². The van der Waals surface area contributed by atoms with E-state index >= 15 is 0 Å². The molecule has 1 aromatic carbocycles. The van der Waals surface area contributed by atoms with Crippen molar-refractivity contribution in [3.63, 3.8) is 0 Å². The number of aromatic nitrogens is 3. The number of nitrogens with one attached hydrogen (secondary N) is 1. The van der Waals surface area contributed by atoms with Crippen LogP contribution in [0.5, 0.6) is 0 Å². The Labute approximate surface area is 126 Å². The van der Waals surface area contributed by atoms with Gasteiger partial charge in [0.1, 0.15) is 0 Å². The summed E-state index contributed by atoms with van der Waals surface area (Å²) < 4.78 is 1.97. The lowest BCUT2D eigenvalue weighted by Crippen LogP contribution is -2.20. The Balaban J connectivity index is 2.27. The van der Waals surface area contributed by atoms with Gasteiger partial charge >= 0.3 is 0 Å². The summed E-state index contributed by atoms with van der Waals surface area (Å²) in [7, 11) is 1.62. The molecule has 7 heteroatoms. The van der Waals surface area contributed by atoms with E-state index in [1.807, 2.05) is 35.8 Å². The lowest BCUT2D eigenvalue weighted by molar-refractivity contribution is -0.118. The van der Waals surface area contributed by atoms with Crippen LogP contribution in [0.1, 0.15) is 6.92 Å². The highest BCUT2D eigenvalue weighted by Gasteiger charge is 2.14. The van der Waals surface area contributed by atoms with Crippen LogP contribution in [0.2, 0.25) is 5.02 Å². The second-order valence-electron chi connectivity index (χ2n) is 4.02. The van der Waals surface area contributed by atoms with Crippen molar-refractivity contribution in [3.8, 4) is 11.4 Å². The monoisotopic (exact) mass is 310 g/mol. The molecule has 0 bridgehead atoms. The molecule has 1 heterocycles. The molecule has 0 radical (unpaired) electrons. The lowest BCUT2D eigenvalue weighted by atomic mass is 10.2. The number of rotatable bonds is 5. The van der Waals surface area contributed by atoms with E-state index in [9.17, 15) is 4.79 Å². The van der Waals surface area contributed by atoms with Crippen molar-refractivity contribution in [1.82, 2.24) is 20.1 Å². The number of benzene rings is 1. The molecule has 0 spiro atoms. The van der Waals surface area contributed by atoms with Gasteiger partial charge in [0, 0.05) is 24.2 Å². The summed E-state index contributed by atoms with van der Waals surface area (Å²) in [6, 6.07) is 7.49. The zero-order valence-corrected chi connectivity index (χ0v) is 12.8. The number of carbonyl (C=O) groups excluding carboxylic acids is 1. The van der Waals surface area contributed by atoms with Crippen molar-refractivity contribution in [3.05, 3.63) is 29.3 Å². The zero-order valence-electron chi connectivity index (χ0n) is 11.3. The molecule has 106 valence electrons. The fourth-order valence-electron chi connectivity index (χ4n) is 1.72. The maximum absolute atomic E-state index is 11.3. The Bertz CT molecular complexity index is 614. The number of amides is 1. The van der Waals surface area contributed by atoms with Crippen molar-refractivity contribution < 1.29 is 4.79 Å². The van der Waals surface area contributed by atoms with Crippen LogP contribution in [0.3, 0.4) is 0 Å². The minimum absolute atomic E-state index is 0.0371. The Morgan fingerprint density at radius 3 is 2.90 bits per heavy atom. The highest BCUT2D eigenvalue weighted by molar-refractivity contribution is 7.99. The van der Waals surface area contributed by atoms with Crippen LogP contribution in [-0.4, -0.2) is 33.5 Å². The fraction of sp³-hybridized carbons (Fsp3) is 0.308. The minimum Gasteiger partial charge on any atom is -0.358 e. The minimum atomic E-state index is -0.0371. The first-order valence-electron chi connectivity index (χ1n) is 6.18. The molecule has 0 fully saturated rings. The average Bonchev–Trinajstić information content (AvgIpc) is 2.87. The Morgan fingerprint density at radius 2 is 2.25 bits per heavy atom. The number of thioether (sulfide) groups is 1. The molecule has 2 rings (SSSR count). The number of nitrogens with zero attached hydrogens (tertiary/aromatic N) is 3. The molecule has 1 N–H and O–H groups in total. The summed E-state index contributed by atoms with van der Waals surface area (Å²) in [4.78, 5) is 11.3. The van der Waals surface area contributed by atoms with Gasteiger partial charge in [-0.25, -0.2) is 0 Å². The van der Waals surface area contributed by atoms with Crippen LogP contribution in [-0.2, 0) is 11.3 Å². The summed E-state index contributed by atoms with van der Waals surface area (Å²) in [6.07, 6.45) is 0. The van der Waals surface area contributed by atoms with Crippen molar-refractivity contribution in [1.29, 1.82) is 0 Å². The molecule has 0 aliphatic heterocycles. The van der Waals surface area contributed by atoms with Crippen molar-refractivity contribution >= 4 is 29.3 Å². The van der Waals surface area contributed by atoms with Gasteiger partial charge in [-0.15, -0.1) is 10.2 Å². The maximum atomic E-state index is 11.3. The summed E-state index contributed by atoms with van der Waals surface area (Å²) in [5, 5.41) is 12.3. The van der Waals surface area contributed by atoms with E-state index < -0.39 is 0 Å². The normalized spacial score (nSPS) is 10.6. The number of hydrogen-bond donors (Lipinski definition) is 1. The van der Waals surface area contributed by atoms with E-state index in [0.29, 0.717) is 10.8 Å². The first kappa shape index (κ1) is 14.9. The molecule has 0 aliphatic carbocycles. The van der Waals surface area contributed by atoms with Crippen LogP contribution in [0, 0.1) is 0 Å². The molecule has 0 saturated carbocycles. The lowest BCUT2D eigenvalue weighted by Gasteiger charge is -2.07. The van der Waals surface area contributed by atoms with Gasteiger partial charge in [-0.1, -0.05) is 35.5 Å². The van der Waals surface area contributed by atoms with Crippen LogP contribution in [0.25, 0.3) is 11.4 Å². The summed E-state index contributed by atoms with van der Waals surface area (Å²) in [6.45, 7) is 2.74. The average molecular weight is 311 g/mol. The smallest absolute Gasteiger partial charge is 0.230 e. The van der Waals surface area contributed by atoms with E-state index in [1.54, 1.807) is 7.05 Å². The van der Waals surface area contributed by atoms with E-state index in [4.69, 9.17) is 11.6 Å². The van der Waals surface area contributed by atoms with E-state index in [0.717, 1.165) is 23.1 Å². The van der Waals surface area contributed by atoms with Crippen molar-refractivity contribution in [2.75, 3.05) is 12.8 Å². The van der Waals surface area contributed by atoms with Crippen molar-refractivity contribution in [2.45, 2.75) is 18.6 Å². The molecule has 2 aromatic rings. The summed E-state index contributed by atoms with van der Waals surface area (Å²) in [5.74, 6) is 1.05. The molecule has 0 atom stereocenters. The molecule has 5 nitrogen and oxygen atoms in total. The molecular weight excluding hydrogens is 296 g/mol. The molecule has 0 saturated heterocycles. The first-order valence-corrected chi connectivity index (χ1v) is 7.54. The topological polar surface area (TPSA) is 59.8 Å². The fourth-order valence-corrected chi connectivity index (χ4v) is 2.79. The third-order valence-electron chi connectivity index (χ3n) is 2.73. The Hall–Kier alpha value is -1.53. The molecular formula is C13H15ClN4OS. The number of halogens is 1. The Kier molecular flexibility index (Phi) is 5.03. The standard InChI is InChI=1S/C13H15ClN4OS/c1-3-18-12(9-5-4-6-10(14)7-9)16-17-13(18)20-8-11(19)15-2/h4-7H,3,8H2,1-2H3,(H,15,19). The number of hydrogen-bond acceptors (Lipinski definition) is 4.